The van der Waals surface area contributed by atoms with Gasteiger partial charge >= 0.3 is 0 Å². The van der Waals surface area contributed by atoms with Gasteiger partial charge in [-0.2, -0.15) is 0 Å². The first-order valence-corrected chi connectivity index (χ1v) is 7.58. The molecule has 0 aliphatic heterocycles. The Balaban J connectivity index is 2.57. The van der Waals surface area contributed by atoms with E-state index in [1.165, 1.54) is 25.9 Å². The van der Waals surface area contributed by atoms with Crippen LogP contribution in [0, 0.1) is 23.2 Å². The van der Waals surface area contributed by atoms with Gasteiger partial charge in [0.15, 0.2) is 0 Å². The zero-order valence-electron chi connectivity index (χ0n) is 13.6. The fraction of sp³-hybridized carbons (Fsp3) is 1.00. The Kier molecular flexibility index (Phi) is 5.67. The minimum Gasteiger partial charge on any atom is -0.317 e. The minimum atomic E-state index is 0.398. The summed E-state index contributed by atoms with van der Waals surface area (Å²) in [6, 6.07) is 0.700. The second kappa shape index (κ2) is 6.38. The summed E-state index contributed by atoms with van der Waals surface area (Å²) in [6.07, 6.45) is 2.74. The van der Waals surface area contributed by atoms with Crippen LogP contribution in [0.5, 0.6) is 0 Å². The maximum absolute atomic E-state index is 3.56. The van der Waals surface area contributed by atoms with Gasteiger partial charge in [0.25, 0.3) is 0 Å². The standard InChI is InChI=1S/C16H34N2/c1-12-8-13(2)14(15(9-12)17-6)10-18(7)11-16(3,4)5/h12-15,17H,8-11H2,1-7H3. The van der Waals surface area contributed by atoms with E-state index in [2.05, 4.69) is 58.9 Å². The van der Waals surface area contributed by atoms with Crippen LogP contribution < -0.4 is 5.32 Å². The highest BCUT2D eigenvalue weighted by atomic mass is 15.1. The lowest BCUT2D eigenvalue weighted by Gasteiger charge is -2.42. The largest absolute Gasteiger partial charge is 0.317 e. The molecule has 0 bridgehead atoms. The van der Waals surface area contributed by atoms with Crippen LogP contribution in [0.3, 0.4) is 0 Å². The highest BCUT2D eigenvalue weighted by Gasteiger charge is 2.33. The Hall–Kier alpha value is -0.0800. The third kappa shape index (κ3) is 4.89. The van der Waals surface area contributed by atoms with Crippen molar-refractivity contribution in [1.82, 2.24) is 10.2 Å². The molecule has 1 fully saturated rings. The Labute approximate surface area is 115 Å². The van der Waals surface area contributed by atoms with Crippen LogP contribution in [0.2, 0.25) is 0 Å². The Morgan fingerprint density at radius 3 is 2.28 bits per heavy atom. The van der Waals surface area contributed by atoms with E-state index in [1.54, 1.807) is 0 Å². The van der Waals surface area contributed by atoms with Gasteiger partial charge in [0, 0.05) is 19.1 Å². The number of rotatable bonds is 4. The van der Waals surface area contributed by atoms with E-state index in [9.17, 15) is 0 Å². The molecule has 108 valence electrons. The Morgan fingerprint density at radius 1 is 1.17 bits per heavy atom. The van der Waals surface area contributed by atoms with E-state index in [4.69, 9.17) is 0 Å². The normalized spacial score (nSPS) is 34.0. The van der Waals surface area contributed by atoms with Crippen LogP contribution in [-0.4, -0.2) is 38.1 Å². The SMILES string of the molecule is CNC1CC(C)CC(C)C1CN(C)CC(C)(C)C. The highest BCUT2D eigenvalue weighted by molar-refractivity contribution is 4.88. The molecule has 4 atom stereocenters. The predicted octanol–water partition coefficient (Wildman–Crippen LogP) is 3.23. The number of nitrogens with zero attached hydrogens (tertiary/aromatic N) is 1. The van der Waals surface area contributed by atoms with Gasteiger partial charge in [-0.1, -0.05) is 34.6 Å². The quantitative estimate of drug-likeness (QED) is 0.828. The second-order valence-electron chi connectivity index (χ2n) is 7.87. The van der Waals surface area contributed by atoms with Crippen LogP contribution >= 0.6 is 0 Å². The lowest BCUT2D eigenvalue weighted by molar-refractivity contribution is 0.101. The highest BCUT2D eigenvalue weighted by Crippen LogP contribution is 2.34. The van der Waals surface area contributed by atoms with Crippen LogP contribution in [0.4, 0.5) is 0 Å². The Bertz CT molecular complexity index is 244. The van der Waals surface area contributed by atoms with Gasteiger partial charge in [-0.05, 0) is 50.1 Å². The molecule has 0 aromatic heterocycles. The summed E-state index contributed by atoms with van der Waals surface area (Å²) in [5.41, 5.74) is 0.398. The number of nitrogens with one attached hydrogen (secondary N) is 1. The van der Waals surface area contributed by atoms with E-state index in [0.717, 1.165) is 17.8 Å². The van der Waals surface area contributed by atoms with Gasteiger partial charge in [-0.25, -0.2) is 0 Å². The molecule has 0 spiro atoms. The van der Waals surface area contributed by atoms with Gasteiger partial charge in [-0.15, -0.1) is 0 Å². The van der Waals surface area contributed by atoms with E-state index in [1.807, 2.05) is 0 Å². The summed E-state index contributed by atoms with van der Waals surface area (Å²) in [5.74, 6) is 2.52. The lowest BCUT2D eigenvalue weighted by Crippen LogP contribution is -2.48. The molecule has 0 aromatic carbocycles. The van der Waals surface area contributed by atoms with Crippen molar-refractivity contribution in [3.8, 4) is 0 Å². The summed E-state index contributed by atoms with van der Waals surface area (Å²) in [4.78, 5) is 2.53. The first kappa shape index (κ1) is 16.0. The van der Waals surface area contributed by atoms with Gasteiger partial charge in [0.05, 0.1) is 0 Å². The summed E-state index contributed by atoms with van der Waals surface area (Å²) in [5, 5.41) is 3.56. The third-order valence-corrected chi connectivity index (χ3v) is 4.32. The summed E-state index contributed by atoms with van der Waals surface area (Å²) in [6.45, 7) is 14.2. The topological polar surface area (TPSA) is 15.3 Å². The van der Waals surface area contributed by atoms with Gasteiger partial charge in [0.1, 0.15) is 0 Å². The molecule has 18 heavy (non-hydrogen) atoms. The number of hydrogen-bond donors (Lipinski definition) is 1. The molecule has 1 saturated carbocycles. The van der Waals surface area contributed by atoms with Crippen molar-refractivity contribution in [3.63, 3.8) is 0 Å². The van der Waals surface area contributed by atoms with Crippen LogP contribution in [0.15, 0.2) is 0 Å². The number of hydrogen-bond acceptors (Lipinski definition) is 2. The molecular formula is C16H34N2. The van der Waals surface area contributed by atoms with Crippen LogP contribution in [0.25, 0.3) is 0 Å². The smallest absolute Gasteiger partial charge is 0.0110 e. The third-order valence-electron chi connectivity index (χ3n) is 4.32. The molecule has 0 saturated heterocycles. The molecular weight excluding hydrogens is 220 g/mol. The van der Waals surface area contributed by atoms with Gasteiger partial charge < -0.3 is 10.2 Å². The van der Waals surface area contributed by atoms with Crippen molar-refractivity contribution in [2.75, 3.05) is 27.2 Å². The monoisotopic (exact) mass is 254 g/mol. The average molecular weight is 254 g/mol. The summed E-state index contributed by atoms with van der Waals surface area (Å²) < 4.78 is 0. The van der Waals surface area contributed by atoms with E-state index in [-0.39, 0.29) is 0 Å². The van der Waals surface area contributed by atoms with Crippen molar-refractivity contribution in [1.29, 1.82) is 0 Å². The Morgan fingerprint density at radius 2 is 1.78 bits per heavy atom. The molecule has 0 heterocycles. The van der Waals surface area contributed by atoms with Crippen LogP contribution in [0.1, 0.15) is 47.5 Å². The molecule has 0 aromatic rings. The first-order chi connectivity index (χ1) is 8.23. The molecule has 1 aliphatic rings. The van der Waals surface area contributed by atoms with Crippen molar-refractivity contribution in [2.24, 2.45) is 23.2 Å². The molecule has 4 unspecified atom stereocenters. The maximum Gasteiger partial charge on any atom is 0.0110 e. The molecule has 0 radical (unpaired) electrons. The summed E-state index contributed by atoms with van der Waals surface area (Å²) >= 11 is 0. The first-order valence-electron chi connectivity index (χ1n) is 7.58. The zero-order valence-corrected chi connectivity index (χ0v) is 13.6. The minimum absolute atomic E-state index is 0.398. The van der Waals surface area contributed by atoms with E-state index < -0.39 is 0 Å². The molecule has 1 N–H and O–H groups in total. The van der Waals surface area contributed by atoms with E-state index in [0.29, 0.717) is 11.5 Å². The fourth-order valence-corrected chi connectivity index (χ4v) is 3.78. The molecule has 0 amide bonds. The van der Waals surface area contributed by atoms with Gasteiger partial charge in [-0.3, -0.25) is 0 Å². The van der Waals surface area contributed by atoms with Crippen molar-refractivity contribution >= 4 is 0 Å². The van der Waals surface area contributed by atoms with Crippen molar-refractivity contribution in [3.05, 3.63) is 0 Å². The van der Waals surface area contributed by atoms with Crippen LogP contribution in [-0.2, 0) is 0 Å². The van der Waals surface area contributed by atoms with Gasteiger partial charge in [0.2, 0.25) is 0 Å². The zero-order chi connectivity index (χ0) is 13.9. The molecule has 1 aliphatic carbocycles. The second-order valence-corrected chi connectivity index (χ2v) is 7.87. The fourth-order valence-electron chi connectivity index (χ4n) is 3.78. The summed E-state index contributed by atoms with van der Waals surface area (Å²) in [7, 11) is 4.41. The predicted molar refractivity (Wildman–Crippen MR) is 80.9 cm³/mol. The molecule has 2 heteroatoms. The molecule has 1 rings (SSSR count). The van der Waals surface area contributed by atoms with Crippen molar-refractivity contribution in [2.45, 2.75) is 53.5 Å². The molecule has 2 nitrogen and oxygen atoms in total. The maximum atomic E-state index is 3.56. The average Bonchev–Trinajstić information content (AvgIpc) is 2.18. The van der Waals surface area contributed by atoms with Crippen molar-refractivity contribution < 1.29 is 0 Å². The lowest BCUT2D eigenvalue weighted by atomic mass is 9.72. The van der Waals surface area contributed by atoms with E-state index >= 15 is 0 Å².